The maximum Gasteiger partial charge on any atom is 0.350 e. The first-order chi connectivity index (χ1) is 17.3. The lowest BCUT2D eigenvalue weighted by molar-refractivity contribution is -0.132. The van der Waals surface area contributed by atoms with E-state index in [1.54, 1.807) is 61.8 Å². The van der Waals surface area contributed by atoms with Crippen molar-refractivity contribution >= 4 is 45.5 Å². The highest BCUT2D eigenvalue weighted by Gasteiger charge is 2.49. The highest BCUT2D eigenvalue weighted by atomic mass is 32.1. The van der Waals surface area contributed by atoms with E-state index in [1.807, 2.05) is 6.07 Å². The maximum atomic E-state index is 13.4. The highest BCUT2D eigenvalue weighted by molar-refractivity contribution is 7.17. The van der Waals surface area contributed by atoms with Gasteiger partial charge < -0.3 is 9.84 Å². The average Bonchev–Trinajstić information content (AvgIpc) is 3.50. The molecule has 5 rings (SSSR count). The number of hydrogen-bond donors (Lipinski definition) is 1. The Morgan fingerprint density at radius 3 is 2.67 bits per heavy atom. The van der Waals surface area contributed by atoms with Crippen LogP contribution < -0.4 is 4.90 Å². The Balaban J connectivity index is 1.73. The zero-order valence-corrected chi connectivity index (χ0v) is 20.4. The molecule has 1 atom stereocenters. The SMILES string of the molecule is CCOC(=O)c1sc(N2C(=O)C(=O)/C(=C(/O)c3c(C)nc4ccccn34)C2c2cccnc2)nc1C. The highest BCUT2D eigenvalue weighted by Crippen LogP contribution is 2.44. The van der Waals surface area contributed by atoms with Gasteiger partial charge in [0.1, 0.15) is 16.2 Å². The van der Waals surface area contributed by atoms with Crippen LogP contribution in [0, 0.1) is 13.8 Å². The smallest absolute Gasteiger partial charge is 0.350 e. The third-order valence-electron chi connectivity index (χ3n) is 5.83. The minimum absolute atomic E-state index is 0.118. The number of thiazole rings is 1. The number of carbonyl (C=O) groups excluding carboxylic acids is 3. The van der Waals surface area contributed by atoms with Crippen LogP contribution in [0.2, 0.25) is 0 Å². The predicted molar refractivity (Wildman–Crippen MR) is 132 cm³/mol. The molecule has 36 heavy (non-hydrogen) atoms. The minimum Gasteiger partial charge on any atom is -0.505 e. The van der Waals surface area contributed by atoms with Gasteiger partial charge in [0.25, 0.3) is 5.78 Å². The van der Waals surface area contributed by atoms with E-state index in [0.29, 0.717) is 28.3 Å². The summed E-state index contributed by atoms with van der Waals surface area (Å²) >= 11 is 0.951. The number of ketones is 1. The third-order valence-corrected chi connectivity index (χ3v) is 6.96. The Morgan fingerprint density at radius 2 is 1.94 bits per heavy atom. The molecular weight excluding hydrogens is 482 g/mol. The van der Waals surface area contributed by atoms with Crippen molar-refractivity contribution in [1.82, 2.24) is 19.4 Å². The van der Waals surface area contributed by atoms with Crippen LogP contribution in [0.25, 0.3) is 11.4 Å². The van der Waals surface area contributed by atoms with Gasteiger partial charge in [-0.2, -0.15) is 0 Å². The van der Waals surface area contributed by atoms with E-state index in [-0.39, 0.29) is 27.9 Å². The maximum absolute atomic E-state index is 13.4. The number of aromatic nitrogens is 4. The first-order valence-corrected chi connectivity index (χ1v) is 11.9. The number of Topliss-reactive ketones (excluding diaryl/α,β-unsaturated/α-hetero) is 1. The Hall–Kier alpha value is -4.38. The molecule has 10 nitrogen and oxygen atoms in total. The lowest BCUT2D eigenvalue weighted by atomic mass is 9.97. The van der Waals surface area contributed by atoms with Crippen LogP contribution in [0.1, 0.15) is 45.3 Å². The van der Waals surface area contributed by atoms with Crippen LogP contribution >= 0.6 is 11.3 Å². The van der Waals surface area contributed by atoms with E-state index in [0.717, 1.165) is 11.3 Å². The van der Waals surface area contributed by atoms with Crippen molar-refractivity contribution in [3.63, 3.8) is 0 Å². The first-order valence-electron chi connectivity index (χ1n) is 11.1. The normalized spacial score (nSPS) is 17.2. The molecule has 1 aliphatic rings. The van der Waals surface area contributed by atoms with Gasteiger partial charge in [0.15, 0.2) is 10.9 Å². The second kappa shape index (κ2) is 9.00. The van der Waals surface area contributed by atoms with Crippen LogP contribution in [0.15, 0.2) is 54.5 Å². The van der Waals surface area contributed by atoms with Gasteiger partial charge in [-0.05, 0) is 44.5 Å². The van der Waals surface area contributed by atoms with Crippen LogP contribution in [0.3, 0.4) is 0 Å². The fourth-order valence-electron chi connectivity index (χ4n) is 4.28. The summed E-state index contributed by atoms with van der Waals surface area (Å²) < 4.78 is 6.76. The number of rotatable bonds is 5. The molecule has 1 unspecified atom stereocenters. The molecule has 4 aromatic heterocycles. The van der Waals surface area contributed by atoms with E-state index in [4.69, 9.17) is 4.74 Å². The zero-order chi connectivity index (χ0) is 25.6. The molecule has 1 aliphatic heterocycles. The van der Waals surface area contributed by atoms with Gasteiger partial charge in [0.05, 0.1) is 29.6 Å². The molecule has 0 aromatic carbocycles. The number of nitrogens with zero attached hydrogens (tertiary/aromatic N) is 5. The monoisotopic (exact) mass is 503 g/mol. The second-order valence-electron chi connectivity index (χ2n) is 8.06. The summed E-state index contributed by atoms with van der Waals surface area (Å²) in [6.07, 6.45) is 4.80. The summed E-state index contributed by atoms with van der Waals surface area (Å²) in [7, 11) is 0. The molecule has 1 fully saturated rings. The Kier molecular flexibility index (Phi) is 5.84. The topological polar surface area (TPSA) is 127 Å². The number of imidazole rings is 1. The van der Waals surface area contributed by atoms with Crippen molar-refractivity contribution in [1.29, 1.82) is 0 Å². The van der Waals surface area contributed by atoms with E-state index < -0.39 is 23.7 Å². The number of amides is 1. The molecule has 0 radical (unpaired) electrons. The van der Waals surface area contributed by atoms with Crippen LogP contribution in [-0.4, -0.2) is 48.7 Å². The summed E-state index contributed by atoms with van der Waals surface area (Å²) in [4.78, 5) is 53.6. The van der Waals surface area contributed by atoms with Gasteiger partial charge >= 0.3 is 11.9 Å². The predicted octanol–water partition coefficient (Wildman–Crippen LogP) is 3.61. The van der Waals surface area contributed by atoms with E-state index >= 15 is 0 Å². The summed E-state index contributed by atoms with van der Waals surface area (Å²) in [5, 5.41) is 11.6. The summed E-state index contributed by atoms with van der Waals surface area (Å²) in [5.74, 6) is -2.67. The minimum atomic E-state index is -1.02. The van der Waals surface area contributed by atoms with Gasteiger partial charge in [-0.1, -0.05) is 23.5 Å². The summed E-state index contributed by atoms with van der Waals surface area (Å²) in [6.45, 7) is 5.22. The summed E-state index contributed by atoms with van der Waals surface area (Å²) in [5.41, 5.74) is 2.13. The van der Waals surface area contributed by atoms with Crippen LogP contribution in [-0.2, 0) is 14.3 Å². The van der Waals surface area contributed by atoms with Gasteiger partial charge in [0.2, 0.25) is 0 Å². The number of pyridine rings is 2. The fraction of sp³-hybridized carbons (Fsp3) is 0.200. The molecule has 1 saturated heterocycles. The van der Waals surface area contributed by atoms with Crippen molar-refractivity contribution in [2.75, 3.05) is 11.5 Å². The molecule has 1 amide bonds. The lowest BCUT2D eigenvalue weighted by Crippen LogP contribution is -2.29. The molecule has 0 bridgehead atoms. The van der Waals surface area contributed by atoms with Gasteiger partial charge in [0, 0.05) is 18.6 Å². The third kappa shape index (κ3) is 3.64. The van der Waals surface area contributed by atoms with Gasteiger partial charge in [-0.3, -0.25) is 23.9 Å². The first kappa shape index (κ1) is 23.4. The van der Waals surface area contributed by atoms with E-state index in [9.17, 15) is 19.5 Å². The number of fused-ring (bicyclic) bond motifs is 1. The van der Waals surface area contributed by atoms with Crippen molar-refractivity contribution < 1.29 is 24.2 Å². The van der Waals surface area contributed by atoms with Crippen LogP contribution in [0.5, 0.6) is 0 Å². The second-order valence-corrected chi connectivity index (χ2v) is 9.04. The number of hydrogen-bond acceptors (Lipinski definition) is 9. The Bertz CT molecular complexity index is 1560. The summed E-state index contributed by atoms with van der Waals surface area (Å²) in [6, 6.07) is 7.72. The molecule has 4 aromatic rings. The zero-order valence-electron chi connectivity index (χ0n) is 19.6. The van der Waals surface area contributed by atoms with Crippen molar-refractivity contribution in [3.8, 4) is 0 Å². The molecule has 0 saturated carbocycles. The number of aliphatic hydroxyl groups excluding tert-OH is 1. The van der Waals surface area contributed by atoms with Gasteiger partial charge in [-0.15, -0.1) is 0 Å². The Labute approximate surface area is 209 Å². The molecule has 5 heterocycles. The number of ether oxygens (including phenoxy) is 1. The van der Waals surface area contributed by atoms with Crippen molar-refractivity contribution in [3.05, 3.63) is 82.0 Å². The number of esters is 1. The molecule has 0 aliphatic carbocycles. The number of anilines is 1. The quantitative estimate of drug-likeness (QED) is 0.189. The van der Waals surface area contributed by atoms with Crippen molar-refractivity contribution in [2.45, 2.75) is 26.8 Å². The van der Waals surface area contributed by atoms with E-state index in [2.05, 4.69) is 15.0 Å². The van der Waals surface area contributed by atoms with Gasteiger partial charge in [-0.25, -0.2) is 14.8 Å². The molecule has 182 valence electrons. The molecule has 11 heteroatoms. The molecule has 1 N–H and O–H groups in total. The fourth-order valence-corrected chi connectivity index (χ4v) is 5.27. The molecular formula is C25H21N5O5S. The standard InChI is InChI=1S/C25H21N5O5S/c1-4-35-24(34)22-14(3)28-25(36-22)30-19(15-8-7-10-26-12-15)17(21(32)23(30)33)20(31)18-13(2)27-16-9-5-6-11-29(16)18/h5-12,19,31H,4H2,1-3H3/b20-17+. The molecule has 0 spiro atoms. The largest absolute Gasteiger partial charge is 0.505 e. The number of carbonyl (C=O) groups is 3. The lowest BCUT2D eigenvalue weighted by Gasteiger charge is -2.22. The average molecular weight is 504 g/mol. The van der Waals surface area contributed by atoms with Crippen LogP contribution in [0.4, 0.5) is 5.13 Å². The number of aryl methyl sites for hydroxylation is 2. The van der Waals surface area contributed by atoms with E-state index in [1.165, 1.54) is 11.1 Å². The Morgan fingerprint density at radius 1 is 1.14 bits per heavy atom. The van der Waals surface area contributed by atoms with Crippen molar-refractivity contribution in [2.24, 2.45) is 0 Å². The number of aliphatic hydroxyl groups is 1.